The summed E-state index contributed by atoms with van der Waals surface area (Å²) >= 11 is 3.52. The van der Waals surface area contributed by atoms with E-state index in [1.54, 1.807) is 0 Å². The zero-order chi connectivity index (χ0) is 12.4. The molecule has 1 aromatic heterocycles. The summed E-state index contributed by atoms with van der Waals surface area (Å²) in [6, 6.07) is 8.91. The van der Waals surface area contributed by atoms with Gasteiger partial charge in [0.25, 0.3) is 0 Å². The monoisotopic (exact) mass is 307 g/mol. The average molecular weight is 308 g/mol. The maximum Gasteiger partial charge on any atom is 0.204 e. The SMILES string of the molecule is BrCCCC1CCCN1c1nc2ccccc2[nH]1. The number of H-pyrrole nitrogens is 1. The van der Waals surface area contributed by atoms with Crippen LogP contribution in [0.5, 0.6) is 0 Å². The predicted octanol–water partition coefficient (Wildman–Crippen LogP) is 3.71. The van der Waals surface area contributed by atoms with Crippen molar-refractivity contribution in [3.63, 3.8) is 0 Å². The molecule has 1 unspecified atom stereocenters. The fourth-order valence-corrected chi connectivity index (χ4v) is 3.13. The van der Waals surface area contributed by atoms with E-state index >= 15 is 0 Å². The number of nitrogens with one attached hydrogen (secondary N) is 1. The Balaban J connectivity index is 1.84. The number of aromatic amines is 1. The van der Waals surface area contributed by atoms with E-state index in [0.717, 1.165) is 28.9 Å². The number of aromatic nitrogens is 2. The maximum atomic E-state index is 4.71. The van der Waals surface area contributed by atoms with Gasteiger partial charge in [-0.2, -0.15) is 0 Å². The Hall–Kier alpha value is -1.03. The zero-order valence-electron chi connectivity index (χ0n) is 10.4. The van der Waals surface area contributed by atoms with Crippen LogP contribution in [0.15, 0.2) is 24.3 Å². The number of fused-ring (bicyclic) bond motifs is 1. The van der Waals surface area contributed by atoms with Gasteiger partial charge in [0, 0.05) is 17.9 Å². The molecule has 3 nitrogen and oxygen atoms in total. The molecule has 3 rings (SSSR count). The number of halogens is 1. The summed E-state index contributed by atoms with van der Waals surface area (Å²) in [7, 11) is 0. The molecule has 1 aromatic carbocycles. The molecule has 1 aliphatic rings. The molecule has 1 N–H and O–H groups in total. The highest BCUT2D eigenvalue weighted by molar-refractivity contribution is 9.09. The minimum Gasteiger partial charge on any atom is -0.339 e. The van der Waals surface area contributed by atoms with E-state index in [1.165, 1.54) is 25.7 Å². The Bertz CT molecular complexity index is 489. The van der Waals surface area contributed by atoms with E-state index in [4.69, 9.17) is 4.98 Å². The highest BCUT2D eigenvalue weighted by Gasteiger charge is 2.26. The first kappa shape index (κ1) is 12.0. The summed E-state index contributed by atoms with van der Waals surface area (Å²) in [6.45, 7) is 1.13. The van der Waals surface area contributed by atoms with Gasteiger partial charge in [0.2, 0.25) is 5.95 Å². The number of para-hydroxylation sites is 2. The lowest BCUT2D eigenvalue weighted by Crippen LogP contribution is -2.30. The summed E-state index contributed by atoms with van der Waals surface area (Å²) in [4.78, 5) is 10.6. The predicted molar refractivity (Wildman–Crippen MR) is 79.5 cm³/mol. The number of rotatable bonds is 4. The van der Waals surface area contributed by atoms with Gasteiger partial charge in [-0.25, -0.2) is 4.98 Å². The third kappa shape index (κ3) is 2.26. The minimum absolute atomic E-state index is 0.656. The lowest BCUT2D eigenvalue weighted by atomic mass is 10.1. The fraction of sp³-hybridized carbons (Fsp3) is 0.500. The number of hydrogen-bond acceptors (Lipinski definition) is 2. The molecule has 4 heteroatoms. The molecule has 0 spiro atoms. The quantitative estimate of drug-likeness (QED) is 0.873. The number of anilines is 1. The summed E-state index contributed by atoms with van der Waals surface area (Å²) in [5.41, 5.74) is 2.21. The Labute approximate surface area is 116 Å². The smallest absolute Gasteiger partial charge is 0.204 e. The second kappa shape index (κ2) is 5.31. The van der Waals surface area contributed by atoms with Crippen LogP contribution < -0.4 is 4.90 Å². The molecule has 1 saturated heterocycles. The van der Waals surface area contributed by atoms with Crippen molar-refractivity contribution in [1.29, 1.82) is 0 Å². The summed E-state index contributed by atoms with van der Waals surface area (Å²) < 4.78 is 0. The van der Waals surface area contributed by atoms with Crippen LogP contribution in [0.25, 0.3) is 11.0 Å². The molecule has 0 saturated carbocycles. The van der Waals surface area contributed by atoms with Crippen LogP contribution in [0.4, 0.5) is 5.95 Å². The van der Waals surface area contributed by atoms with Crippen molar-refractivity contribution in [3.05, 3.63) is 24.3 Å². The third-order valence-electron chi connectivity index (χ3n) is 3.70. The van der Waals surface area contributed by atoms with Crippen molar-refractivity contribution < 1.29 is 0 Å². The van der Waals surface area contributed by atoms with Gasteiger partial charge in [0.05, 0.1) is 11.0 Å². The van der Waals surface area contributed by atoms with Gasteiger partial charge in [-0.15, -0.1) is 0 Å². The van der Waals surface area contributed by atoms with Crippen molar-refractivity contribution in [2.24, 2.45) is 0 Å². The number of imidazole rings is 1. The van der Waals surface area contributed by atoms with Crippen LogP contribution in [0.2, 0.25) is 0 Å². The van der Waals surface area contributed by atoms with Crippen molar-refractivity contribution in [2.45, 2.75) is 31.7 Å². The second-order valence-corrected chi connectivity index (χ2v) is 5.69. The summed E-state index contributed by atoms with van der Waals surface area (Å²) in [5.74, 6) is 1.05. The molecule has 1 aliphatic heterocycles. The van der Waals surface area contributed by atoms with Crippen LogP contribution in [0.3, 0.4) is 0 Å². The van der Waals surface area contributed by atoms with Crippen LogP contribution >= 0.6 is 15.9 Å². The lowest BCUT2D eigenvalue weighted by Gasteiger charge is -2.23. The highest BCUT2D eigenvalue weighted by Crippen LogP contribution is 2.27. The Kier molecular flexibility index (Phi) is 3.55. The van der Waals surface area contributed by atoms with Gasteiger partial charge >= 0.3 is 0 Å². The summed E-state index contributed by atoms with van der Waals surface area (Å²) in [6.07, 6.45) is 5.07. The number of benzene rings is 1. The van der Waals surface area contributed by atoms with E-state index in [9.17, 15) is 0 Å². The molecule has 96 valence electrons. The first-order valence-electron chi connectivity index (χ1n) is 6.66. The van der Waals surface area contributed by atoms with Crippen LogP contribution in [0.1, 0.15) is 25.7 Å². The molecule has 2 heterocycles. The first-order valence-corrected chi connectivity index (χ1v) is 7.78. The van der Waals surface area contributed by atoms with Crippen LogP contribution in [0, 0.1) is 0 Å². The van der Waals surface area contributed by atoms with Gasteiger partial charge in [-0.05, 0) is 37.8 Å². The molecule has 2 aromatic rings. The number of hydrogen-bond donors (Lipinski definition) is 1. The Morgan fingerprint density at radius 3 is 3.11 bits per heavy atom. The molecule has 0 amide bonds. The van der Waals surface area contributed by atoms with Crippen molar-refractivity contribution in [2.75, 3.05) is 16.8 Å². The van der Waals surface area contributed by atoms with Gasteiger partial charge in [-0.3, -0.25) is 0 Å². The normalized spacial score (nSPS) is 19.8. The molecule has 1 fully saturated rings. The molecule has 0 bridgehead atoms. The van der Waals surface area contributed by atoms with E-state index in [1.807, 2.05) is 6.07 Å². The van der Waals surface area contributed by atoms with E-state index < -0.39 is 0 Å². The van der Waals surface area contributed by atoms with Gasteiger partial charge in [-0.1, -0.05) is 28.1 Å². The molecule has 0 aliphatic carbocycles. The van der Waals surface area contributed by atoms with Crippen molar-refractivity contribution >= 4 is 32.9 Å². The largest absolute Gasteiger partial charge is 0.339 e. The lowest BCUT2D eigenvalue weighted by molar-refractivity contribution is 0.598. The Morgan fingerprint density at radius 1 is 1.39 bits per heavy atom. The molecule has 18 heavy (non-hydrogen) atoms. The zero-order valence-corrected chi connectivity index (χ0v) is 12.0. The third-order valence-corrected chi connectivity index (χ3v) is 4.26. The molecular weight excluding hydrogens is 290 g/mol. The Morgan fingerprint density at radius 2 is 2.28 bits per heavy atom. The van der Waals surface area contributed by atoms with E-state index in [-0.39, 0.29) is 0 Å². The fourth-order valence-electron chi connectivity index (χ4n) is 2.80. The maximum absolute atomic E-state index is 4.71. The van der Waals surface area contributed by atoms with Crippen LogP contribution in [-0.4, -0.2) is 27.9 Å². The topological polar surface area (TPSA) is 31.9 Å². The summed E-state index contributed by atoms with van der Waals surface area (Å²) in [5, 5.41) is 1.09. The van der Waals surface area contributed by atoms with Crippen molar-refractivity contribution in [3.8, 4) is 0 Å². The van der Waals surface area contributed by atoms with Gasteiger partial charge in [0.1, 0.15) is 0 Å². The molecule has 1 atom stereocenters. The van der Waals surface area contributed by atoms with E-state index in [0.29, 0.717) is 6.04 Å². The van der Waals surface area contributed by atoms with E-state index in [2.05, 4.69) is 44.0 Å². The number of nitrogens with zero attached hydrogens (tertiary/aromatic N) is 2. The van der Waals surface area contributed by atoms with Crippen LogP contribution in [-0.2, 0) is 0 Å². The first-order chi connectivity index (χ1) is 8.88. The average Bonchev–Trinajstić information content (AvgIpc) is 3.01. The molecule has 0 radical (unpaired) electrons. The van der Waals surface area contributed by atoms with Gasteiger partial charge < -0.3 is 9.88 Å². The highest BCUT2D eigenvalue weighted by atomic mass is 79.9. The second-order valence-electron chi connectivity index (χ2n) is 4.90. The standard InChI is InChI=1S/C14H18BrN3/c15-9-3-5-11-6-4-10-18(11)14-16-12-7-1-2-8-13(12)17-14/h1-2,7-8,11H,3-6,9-10H2,(H,16,17). The number of alkyl halides is 1. The minimum atomic E-state index is 0.656. The molecular formula is C14H18BrN3. The van der Waals surface area contributed by atoms with Gasteiger partial charge in [0.15, 0.2) is 0 Å². The van der Waals surface area contributed by atoms with Crippen molar-refractivity contribution in [1.82, 2.24) is 9.97 Å².